The van der Waals surface area contributed by atoms with Crippen molar-refractivity contribution in [3.8, 4) is 0 Å². The van der Waals surface area contributed by atoms with Gasteiger partial charge >= 0.3 is 0 Å². The molecule has 1 unspecified atom stereocenters. The number of amides is 1. The lowest BCUT2D eigenvalue weighted by Gasteiger charge is -2.33. The van der Waals surface area contributed by atoms with E-state index in [1.54, 1.807) is 18.9 Å². The summed E-state index contributed by atoms with van der Waals surface area (Å²) in [4.78, 5) is 14.3. The van der Waals surface area contributed by atoms with Gasteiger partial charge in [-0.15, -0.1) is 0 Å². The fourth-order valence-corrected chi connectivity index (χ4v) is 4.34. The molecule has 0 aliphatic heterocycles. The van der Waals surface area contributed by atoms with E-state index in [9.17, 15) is 17.6 Å². The maximum absolute atomic E-state index is 13.0. The highest BCUT2D eigenvalue weighted by molar-refractivity contribution is 7.89. The second-order valence-electron chi connectivity index (χ2n) is 6.28. The van der Waals surface area contributed by atoms with Gasteiger partial charge in [0.2, 0.25) is 15.9 Å². The number of hydrogen-bond acceptors (Lipinski definition) is 3. The molecule has 0 bridgehead atoms. The lowest BCUT2D eigenvalue weighted by atomic mass is 9.94. The zero-order chi connectivity index (χ0) is 17.7. The van der Waals surface area contributed by atoms with Crippen molar-refractivity contribution < 1.29 is 17.6 Å². The summed E-state index contributed by atoms with van der Waals surface area (Å²) in [6.07, 6.45) is 5.66. The molecule has 0 aromatic heterocycles. The molecular formula is C17H25FN2O3S. The van der Waals surface area contributed by atoms with Crippen LogP contribution in [0.15, 0.2) is 29.2 Å². The van der Waals surface area contributed by atoms with E-state index in [-0.39, 0.29) is 16.8 Å². The number of halogens is 1. The number of carbonyl (C=O) groups is 1. The van der Waals surface area contributed by atoms with Crippen LogP contribution in [0.1, 0.15) is 45.4 Å². The highest BCUT2D eigenvalue weighted by Crippen LogP contribution is 2.22. The molecule has 5 nitrogen and oxygen atoms in total. The molecule has 0 radical (unpaired) electrons. The molecule has 1 aromatic rings. The predicted molar refractivity (Wildman–Crippen MR) is 90.4 cm³/mol. The summed E-state index contributed by atoms with van der Waals surface area (Å²) in [5.74, 6) is -0.718. The number of likely N-dealkylation sites (N-methyl/N-ethyl adjacent to an activating group) is 1. The van der Waals surface area contributed by atoms with Crippen molar-refractivity contribution in [1.82, 2.24) is 9.62 Å². The third-order valence-corrected chi connectivity index (χ3v) is 6.09. The largest absolute Gasteiger partial charge is 0.341 e. The first-order valence-corrected chi connectivity index (χ1v) is 9.88. The minimum Gasteiger partial charge on any atom is -0.341 e. The van der Waals surface area contributed by atoms with Gasteiger partial charge in [-0.25, -0.2) is 12.8 Å². The van der Waals surface area contributed by atoms with Crippen LogP contribution in [0, 0.1) is 5.82 Å². The summed E-state index contributed by atoms with van der Waals surface area (Å²) < 4.78 is 40.2. The van der Waals surface area contributed by atoms with E-state index in [0.29, 0.717) is 6.42 Å². The Morgan fingerprint density at radius 2 is 1.83 bits per heavy atom. The molecule has 0 spiro atoms. The Morgan fingerprint density at radius 1 is 1.25 bits per heavy atom. The molecule has 134 valence electrons. The van der Waals surface area contributed by atoms with Crippen molar-refractivity contribution in [2.45, 2.75) is 62.4 Å². The summed E-state index contributed by atoms with van der Waals surface area (Å²) in [5.41, 5.74) is 0. The third-order valence-electron chi connectivity index (χ3n) is 4.60. The van der Waals surface area contributed by atoms with Crippen LogP contribution in [0.2, 0.25) is 0 Å². The second-order valence-corrected chi connectivity index (χ2v) is 7.99. The molecule has 1 saturated carbocycles. The maximum Gasteiger partial charge on any atom is 0.241 e. The van der Waals surface area contributed by atoms with Gasteiger partial charge in [0.25, 0.3) is 0 Å². The first kappa shape index (κ1) is 18.9. The quantitative estimate of drug-likeness (QED) is 0.852. The molecule has 1 amide bonds. The minimum absolute atomic E-state index is 0.0459. The van der Waals surface area contributed by atoms with E-state index in [4.69, 9.17) is 0 Å². The van der Waals surface area contributed by atoms with Crippen molar-refractivity contribution in [2.24, 2.45) is 0 Å². The number of nitrogens with one attached hydrogen (secondary N) is 1. The van der Waals surface area contributed by atoms with Gasteiger partial charge in [-0.05, 0) is 43.5 Å². The van der Waals surface area contributed by atoms with Gasteiger partial charge in [0.15, 0.2) is 0 Å². The van der Waals surface area contributed by atoms with Crippen molar-refractivity contribution in [1.29, 1.82) is 0 Å². The Morgan fingerprint density at radius 3 is 2.38 bits per heavy atom. The number of rotatable bonds is 6. The highest BCUT2D eigenvalue weighted by atomic mass is 32.2. The van der Waals surface area contributed by atoms with Crippen molar-refractivity contribution in [3.63, 3.8) is 0 Å². The van der Waals surface area contributed by atoms with Crippen LogP contribution in [0.25, 0.3) is 0 Å². The minimum atomic E-state index is -3.86. The number of nitrogens with zero attached hydrogens (tertiary/aromatic N) is 1. The molecule has 1 aliphatic rings. The van der Waals surface area contributed by atoms with E-state index in [1.807, 2.05) is 0 Å². The SMILES string of the molecule is CCC(NS(=O)(=O)c1ccc(F)cc1)C(=O)N(C)C1CCCCC1. The van der Waals surface area contributed by atoms with Crippen LogP contribution in [-0.2, 0) is 14.8 Å². The van der Waals surface area contributed by atoms with E-state index in [0.717, 1.165) is 37.8 Å². The topological polar surface area (TPSA) is 66.5 Å². The van der Waals surface area contributed by atoms with Gasteiger partial charge in [-0.1, -0.05) is 26.2 Å². The fraction of sp³-hybridized carbons (Fsp3) is 0.588. The Bertz CT molecular complexity index is 655. The average Bonchev–Trinajstić information content (AvgIpc) is 2.59. The van der Waals surface area contributed by atoms with Crippen LogP contribution < -0.4 is 4.72 Å². The monoisotopic (exact) mass is 356 g/mol. The number of benzene rings is 1. The molecule has 24 heavy (non-hydrogen) atoms. The standard InChI is InChI=1S/C17H25FN2O3S/c1-3-16(17(21)20(2)14-7-5-4-6-8-14)19-24(22,23)15-11-9-13(18)10-12-15/h9-12,14,16,19H,3-8H2,1-2H3. The molecule has 0 saturated heterocycles. The Hall–Kier alpha value is -1.47. The Labute approximate surface area is 143 Å². The lowest BCUT2D eigenvalue weighted by molar-refractivity contribution is -0.134. The average molecular weight is 356 g/mol. The molecule has 7 heteroatoms. The number of hydrogen-bond donors (Lipinski definition) is 1. The van der Waals surface area contributed by atoms with Gasteiger partial charge in [0.1, 0.15) is 11.9 Å². The van der Waals surface area contributed by atoms with Gasteiger partial charge in [-0.2, -0.15) is 4.72 Å². The molecular weight excluding hydrogens is 331 g/mol. The van der Waals surface area contributed by atoms with E-state index in [2.05, 4.69) is 4.72 Å². The highest BCUT2D eigenvalue weighted by Gasteiger charge is 2.30. The van der Waals surface area contributed by atoms with Gasteiger partial charge in [-0.3, -0.25) is 4.79 Å². The first-order valence-electron chi connectivity index (χ1n) is 8.39. The molecule has 1 aromatic carbocycles. The van der Waals surface area contributed by atoms with Crippen LogP contribution in [0.4, 0.5) is 4.39 Å². The summed E-state index contributed by atoms with van der Waals surface area (Å²) in [7, 11) is -2.12. The molecule has 1 fully saturated rings. The van der Waals surface area contributed by atoms with Crippen LogP contribution in [0.3, 0.4) is 0 Å². The Balaban J connectivity index is 2.09. The summed E-state index contributed by atoms with van der Waals surface area (Å²) in [6, 6.07) is 3.93. The fourth-order valence-electron chi connectivity index (χ4n) is 3.07. The predicted octanol–water partition coefficient (Wildman–Crippen LogP) is 2.67. The smallest absolute Gasteiger partial charge is 0.241 e. The molecule has 1 aliphatic carbocycles. The lowest BCUT2D eigenvalue weighted by Crippen LogP contribution is -2.50. The van der Waals surface area contributed by atoms with Crippen molar-refractivity contribution in [2.75, 3.05) is 7.05 Å². The van der Waals surface area contributed by atoms with Gasteiger partial charge in [0, 0.05) is 13.1 Å². The van der Waals surface area contributed by atoms with Gasteiger partial charge < -0.3 is 4.90 Å². The van der Waals surface area contributed by atoms with Crippen LogP contribution in [-0.4, -0.2) is 38.4 Å². The summed E-state index contributed by atoms with van der Waals surface area (Å²) in [5, 5.41) is 0. The zero-order valence-electron chi connectivity index (χ0n) is 14.2. The number of sulfonamides is 1. The summed E-state index contributed by atoms with van der Waals surface area (Å²) in [6.45, 7) is 1.77. The maximum atomic E-state index is 13.0. The Kier molecular flexibility index (Phi) is 6.34. The van der Waals surface area contributed by atoms with Crippen molar-refractivity contribution >= 4 is 15.9 Å². The first-order chi connectivity index (χ1) is 11.3. The number of carbonyl (C=O) groups excluding carboxylic acids is 1. The van der Waals surface area contributed by atoms with E-state index < -0.39 is 21.9 Å². The summed E-state index contributed by atoms with van der Waals surface area (Å²) >= 11 is 0. The molecule has 1 atom stereocenters. The van der Waals surface area contributed by atoms with Crippen LogP contribution >= 0.6 is 0 Å². The third kappa shape index (κ3) is 4.54. The van der Waals surface area contributed by atoms with Gasteiger partial charge in [0.05, 0.1) is 4.90 Å². The normalized spacial score (nSPS) is 17.5. The molecule has 1 N–H and O–H groups in total. The van der Waals surface area contributed by atoms with E-state index >= 15 is 0 Å². The molecule has 2 rings (SSSR count). The molecule has 0 heterocycles. The van der Waals surface area contributed by atoms with Crippen LogP contribution in [0.5, 0.6) is 0 Å². The zero-order valence-corrected chi connectivity index (χ0v) is 15.0. The second kappa shape index (κ2) is 8.07. The van der Waals surface area contributed by atoms with Crippen molar-refractivity contribution in [3.05, 3.63) is 30.1 Å². The van der Waals surface area contributed by atoms with E-state index in [1.165, 1.54) is 18.6 Å².